The Morgan fingerprint density at radius 2 is 2.31 bits per heavy atom. The van der Waals surface area contributed by atoms with E-state index in [1.54, 1.807) is 0 Å². The quantitative estimate of drug-likeness (QED) is 0.546. The van der Waals surface area contributed by atoms with Gasteiger partial charge in [-0.15, -0.1) is 0 Å². The van der Waals surface area contributed by atoms with Crippen LogP contribution in [0.2, 0.25) is 0 Å². The summed E-state index contributed by atoms with van der Waals surface area (Å²) in [5.74, 6) is 0.0113. The van der Waals surface area contributed by atoms with Gasteiger partial charge in [-0.25, -0.2) is 4.79 Å². The van der Waals surface area contributed by atoms with E-state index in [0.717, 1.165) is 12.0 Å². The standard InChI is InChI=1S/C10H13BrN4O/c1-10(6-3-2-4-7(11)5-6)14-8(12)13-9(16)15-10/h2-3,5,7H,4H2,1H3,(H4,12,13,14,15,16). The Morgan fingerprint density at radius 1 is 1.56 bits per heavy atom. The molecule has 0 aromatic rings. The zero-order valence-corrected chi connectivity index (χ0v) is 10.4. The Morgan fingerprint density at radius 3 is 2.94 bits per heavy atom. The SMILES string of the molecule is CC1(C2=CC(Br)CC=C2)NC(=N)NC(=O)N1. The third-order valence-electron chi connectivity index (χ3n) is 2.57. The lowest BCUT2D eigenvalue weighted by Crippen LogP contribution is -2.69. The minimum absolute atomic E-state index is 0.0113. The van der Waals surface area contributed by atoms with Crippen LogP contribution in [-0.4, -0.2) is 22.5 Å². The number of alkyl halides is 1. The van der Waals surface area contributed by atoms with Gasteiger partial charge in [0.05, 0.1) is 0 Å². The molecular weight excluding hydrogens is 272 g/mol. The van der Waals surface area contributed by atoms with E-state index in [0.29, 0.717) is 0 Å². The van der Waals surface area contributed by atoms with Crippen LogP contribution in [0.15, 0.2) is 23.8 Å². The van der Waals surface area contributed by atoms with Crippen molar-refractivity contribution in [3.63, 3.8) is 0 Å². The van der Waals surface area contributed by atoms with E-state index in [1.165, 1.54) is 0 Å². The minimum Gasteiger partial charge on any atom is -0.330 e. The van der Waals surface area contributed by atoms with Crippen LogP contribution in [0.1, 0.15) is 13.3 Å². The first-order chi connectivity index (χ1) is 7.49. The average molecular weight is 285 g/mol. The fraction of sp³-hybridized carbons (Fsp3) is 0.400. The van der Waals surface area contributed by atoms with E-state index in [-0.39, 0.29) is 16.8 Å². The van der Waals surface area contributed by atoms with E-state index in [4.69, 9.17) is 5.41 Å². The van der Waals surface area contributed by atoms with Crippen molar-refractivity contribution in [2.24, 2.45) is 0 Å². The Labute approximate surface area is 102 Å². The predicted molar refractivity (Wildman–Crippen MR) is 65.5 cm³/mol. The molecule has 1 saturated heterocycles. The fourth-order valence-electron chi connectivity index (χ4n) is 1.81. The number of allylic oxidation sites excluding steroid dienone is 2. The molecule has 0 spiro atoms. The molecule has 0 aromatic heterocycles. The second kappa shape index (κ2) is 3.93. The lowest BCUT2D eigenvalue weighted by Gasteiger charge is -2.38. The third kappa shape index (κ3) is 2.11. The molecule has 6 heteroatoms. The number of carbonyl (C=O) groups excluding carboxylic acids is 1. The van der Waals surface area contributed by atoms with Gasteiger partial charge < -0.3 is 10.6 Å². The molecule has 1 aliphatic heterocycles. The molecule has 0 bridgehead atoms. The van der Waals surface area contributed by atoms with Crippen LogP contribution < -0.4 is 16.0 Å². The highest BCUT2D eigenvalue weighted by Gasteiger charge is 2.35. The molecule has 2 unspecified atom stereocenters. The van der Waals surface area contributed by atoms with Gasteiger partial charge in [0, 0.05) is 4.83 Å². The molecule has 16 heavy (non-hydrogen) atoms. The number of nitrogens with one attached hydrogen (secondary N) is 4. The normalized spacial score (nSPS) is 33.6. The van der Waals surface area contributed by atoms with Crippen LogP contribution in [-0.2, 0) is 0 Å². The Hall–Kier alpha value is -1.30. The first kappa shape index (κ1) is 11.2. The summed E-state index contributed by atoms with van der Waals surface area (Å²) in [4.78, 5) is 11.6. The van der Waals surface area contributed by atoms with Gasteiger partial charge >= 0.3 is 6.03 Å². The van der Waals surface area contributed by atoms with Crippen molar-refractivity contribution in [3.8, 4) is 0 Å². The summed E-state index contributed by atoms with van der Waals surface area (Å²) >= 11 is 3.51. The third-order valence-corrected chi connectivity index (χ3v) is 3.21. The number of carbonyl (C=O) groups is 1. The molecule has 1 fully saturated rings. The zero-order chi connectivity index (χ0) is 11.8. The van der Waals surface area contributed by atoms with Crippen molar-refractivity contribution >= 4 is 27.9 Å². The lowest BCUT2D eigenvalue weighted by molar-refractivity contribution is 0.228. The number of amides is 2. The first-order valence-electron chi connectivity index (χ1n) is 4.98. The largest absolute Gasteiger partial charge is 0.330 e. The number of halogens is 1. The summed E-state index contributed by atoms with van der Waals surface area (Å²) in [6.45, 7) is 1.83. The van der Waals surface area contributed by atoms with Crippen LogP contribution in [0.4, 0.5) is 4.79 Å². The molecule has 1 aliphatic carbocycles. The van der Waals surface area contributed by atoms with Gasteiger partial charge in [0.15, 0.2) is 5.96 Å². The van der Waals surface area contributed by atoms with Crippen LogP contribution in [0.5, 0.6) is 0 Å². The summed E-state index contributed by atoms with van der Waals surface area (Å²) < 4.78 is 0. The lowest BCUT2D eigenvalue weighted by atomic mass is 9.95. The molecule has 0 radical (unpaired) electrons. The van der Waals surface area contributed by atoms with Gasteiger partial charge in [0.1, 0.15) is 5.66 Å². The van der Waals surface area contributed by atoms with Gasteiger partial charge in [0.2, 0.25) is 0 Å². The van der Waals surface area contributed by atoms with Crippen molar-refractivity contribution in [1.82, 2.24) is 16.0 Å². The van der Waals surface area contributed by atoms with E-state index in [1.807, 2.05) is 25.2 Å². The highest BCUT2D eigenvalue weighted by atomic mass is 79.9. The predicted octanol–water partition coefficient (Wildman–Crippen LogP) is 1.19. The zero-order valence-electron chi connectivity index (χ0n) is 8.80. The smallest absolute Gasteiger partial charge is 0.323 e. The molecule has 4 N–H and O–H groups in total. The maximum absolute atomic E-state index is 11.3. The molecule has 2 atom stereocenters. The Kier molecular flexibility index (Phi) is 2.75. The Balaban J connectivity index is 2.27. The molecule has 2 amide bonds. The maximum Gasteiger partial charge on any atom is 0.323 e. The van der Waals surface area contributed by atoms with E-state index >= 15 is 0 Å². The number of hydrogen-bond acceptors (Lipinski definition) is 2. The van der Waals surface area contributed by atoms with Crippen molar-refractivity contribution in [1.29, 1.82) is 5.41 Å². The second-order valence-electron chi connectivity index (χ2n) is 3.98. The van der Waals surface area contributed by atoms with Crippen LogP contribution in [0.3, 0.4) is 0 Å². The molecule has 0 saturated carbocycles. The molecule has 86 valence electrons. The second-order valence-corrected chi connectivity index (χ2v) is 5.16. The molecule has 2 aliphatic rings. The first-order valence-corrected chi connectivity index (χ1v) is 5.90. The monoisotopic (exact) mass is 284 g/mol. The fourth-order valence-corrected chi connectivity index (χ4v) is 2.31. The molecule has 0 aromatic carbocycles. The van der Waals surface area contributed by atoms with Crippen molar-refractivity contribution < 1.29 is 4.79 Å². The summed E-state index contributed by atoms with van der Waals surface area (Å²) in [5, 5.41) is 15.5. The van der Waals surface area contributed by atoms with Gasteiger partial charge in [-0.1, -0.05) is 34.2 Å². The maximum atomic E-state index is 11.3. The van der Waals surface area contributed by atoms with E-state index in [2.05, 4.69) is 31.9 Å². The van der Waals surface area contributed by atoms with Crippen LogP contribution >= 0.6 is 15.9 Å². The molecular formula is C10H13BrN4O. The summed E-state index contributed by atoms with van der Waals surface area (Å²) in [6, 6.07) is -0.364. The van der Waals surface area contributed by atoms with Gasteiger partial charge in [-0.05, 0) is 18.9 Å². The summed E-state index contributed by atoms with van der Waals surface area (Å²) in [5.41, 5.74) is 0.225. The number of rotatable bonds is 1. The highest BCUT2D eigenvalue weighted by Crippen LogP contribution is 2.24. The topological polar surface area (TPSA) is 77.0 Å². The van der Waals surface area contributed by atoms with E-state index in [9.17, 15) is 4.79 Å². The minimum atomic E-state index is -0.720. The van der Waals surface area contributed by atoms with Crippen molar-refractivity contribution in [3.05, 3.63) is 23.8 Å². The molecule has 5 nitrogen and oxygen atoms in total. The Bertz CT molecular complexity index is 386. The van der Waals surface area contributed by atoms with Gasteiger partial charge in [0.25, 0.3) is 0 Å². The van der Waals surface area contributed by atoms with Crippen LogP contribution in [0, 0.1) is 5.41 Å². The van der Waals surface area contributed by atoms with Gasteiger partial charge in [-0.2, -0.15) is 0 Å². The highest BCUT2D eigenvalue weighted by molar-refractivity contribution is 9.09. The molecule has 2 rings (SSSR count). The van der Waals surface area contributed by atoms with Crippen molar-refractivity contribution in [2.45, 2.75) is 23.8 Å². The van der Waals surface area contributed by atoms with E-state index < -0.39 is 5.66 Å². The van der Waals surface area contributed by atoms with Crippen molar-refractivity contribution in [2.75, 3.05) is 0 Å². The number of hydrogen-bond donors (Lipinski definition) is 4. The average Bonchev–Trinajstić information content (AvgIpc) is 2.15. The van der Waals surface area contributed by atoms with Crippen LogP contribution in [0.25, 0.3) is 0 Å². The number of urea groups is 1. The van der Waals surface area contributed by atoms with Gasteiger partial charge in [-0.3, -0.25) is 10.7 Å². The molecule has 1 heterocycles. The summed E-state index contributed by atoms with van der Waals surface area (Å²) in [7, 11) is 0. The summed E-state index contributed by atoms with van der Waals surface area (Å²) in [6.07, 6.45) is 6.97. The number of guanidine groups is 1.